The van der Waals surface area contributed by atoms with E-state index in [1.807, 2.05) is 0 Å². The number of rotatable bonds is 3. The van der Waals surface area contributed by atoms with Crippen LogP contribution in [0.1, 0.15) is 40.7 Å². The van der Waals surface area contributed by atoms with Crippen LogP contribution in [0.3, 0.4) is 0 Å². The van der Waals surface area contributed by atoms with E-state index in [4.69, 9.17) is 4.42 Å². The van der Waals surface area contributed by atoms with E-state index in [9.17, 15) is 22.4 Å². The Kier molecular flexibility index (Phi) is 5.15. The predicted octanol–water partition coefficient (Wildman–Crippen LogP) is 6.63. The van der Waals surface area contributed by atoms with E-state index in [0.29, 0.717) is 41.9 Å². The first kappa shape index (κ1) is 21.2. The molecule has 0 bridgehead atoms. The number of benzene rings is 3. The molecule has 1 fully saturated rings. The Morgan fingerprint density at radius 3 is 2.58 bits per heavy atom. The molecule has 1 amide bonds. The van der Waals surface area contributed by atoms with Gasteiger partial charge in [0, 0.05) is 12.1 Å². The number of likely N-dealkylation sites (tertiary alicyclic amines) is 1. The number of aromatic nitrogens is 1. The minimum Gasteiger partial charge on any atom is -0.438 e. The molecule has 0 N–H and O–H groups in total. The Morgan fingerprint density at radius 1 is 1.00 bits per heavy atom. The highest BCUT2D eigenvalue weighted by molar-refractivity contribution is 5.95. The average Bonchev–Trinajstić information content (AvgIpc) is 3.44. The number of carbonyl (C=O) groups excluding carboxylic acids is 1. The van der Waals surface area contributed by atoms with Crippen LogP contribution in [0.5, 0.6) is 0 Å². The van der Waals surface area contributed by atoms with Crippen molar-refractivity contribution >= 4 is 17.0 Å². The number of amides is 1. The second-order valence-corrected chi connectivity index (χ2v) is 7.98. The van der Waals surface area contributed by atoms with Gasteiger partial charge in [0.1, 0.15) is 17.4 Å². The lowest BCUT2D eigenvalue weighted by molar-refractivity contribution is -0.137. The van der Waals surface area contributed by atoms with Gasteiger partial charge >= 0.3 is 6.18 Å². The average molecular weight is 454 g/mol. The van der Waals surface area contributed by atoms with Crippen LogP contribution >= 0.6 is 0 Å². The highest BCUT2D eigenvalue weighted by atomic mass is 19.4. The summed E-state index contributed by atoms with van der Waals surface area (Å²) in [6.45, 7) is 0.396. The highest BCUT2D eigenvalue weighted by Gasteiger charge is 2.36. The number of oxazole rings is 1. The molecule has 4 aromatic rings. The van der Waals surface area contributed by atoms with Crippen LogP contribution in [-0.4, -0.2) is 22.3 Å². The number of alkyl halides is 3. The summed E-state index contributed by atoms with van der Waals surface area (Å²) in [5.41, 5.74) is 1.65. The summed E-state index contributed by atoms with van der Waals surface area (Å²) in [6.07, 6.45) is -3.25. The van der Waals surface area contributed by atoms with Crippen molar-refractivity contribution in [2.75, 3.05) is 6.54 Å². The summed E-state index contributed by atoms with van der Waals surface area (Å²) in [7, 11) is 0. The van der Waals surface area contributed by atoms with Crippen molar-refractivity contribution in [1.29, 1.82) is 0 Å². The number of hydrogen-bond donors (Lipinski definition) is 0. The maximum absolute atomic E-state index is 13.6. The molecule has 1 unspecified atom stereocenters. The fraction of sp³-hybridized carbons (Fsp3) is 0.200. The van der Waals surface area contributed by atoms with Crippen molar-refractivity contribution < 1.29 is 26.8 Å². The summed E-state index contributed by atoms with van der Waals surface area (Å²) in [5.74, 6) is -0.506. The van der Waals surface area contributed by atoms with Gasteiger partial charge in [-0.05, 0) is 66.4 Å². The summed E-state index contributed by atoms with van der Waals surface area (Å²) in [4.78, 5) is 19.1. The minimum atomic E-state index is -4.53. The first-order valence-electron chi connectivity index (χ1n) is 10.4. The third-order valence-corrected chi connectivity index (χ3v) is 5.80. The van der Waals surface area contributed by atoms with E-state index >= 15 is 0 Å². The number of hydrogen-bond acceptors (Lipinski definition) is 3. The molecule has 33 heavy (non-hydrogen) atoms. The SMILES string of the molecule is O=C(c1cccc(C(F)(F)F)c1)N1CCCC1c1nc2cc(-c3cccc(F)c3)ccc2o1. The van der Waals surface area contributed by atoms with E-state index in [1.54, 1.807) is 30.3 Å². The van der Waals surface area contributed by atoms with Crippen LogP contribution in [0.2, 0.25) is 0 Å². The lowest BCUT2D eigenvalue weighted by Gasteiger charge is -2.22. The smallest absolute Gasteiger partial charge is 0.416 e. The van der Waals surface area contributed by atoms with Gasteiger partial charge in [-0.3, -0.25) is 4.79 Å². The molecule has 4 nitrogen and oxygen atoms in total. The van der Waals surface area contributed by atoms with Crippen LogP contribution in [0.15, 0.2) is 71.1 Å². The fourth-order valence-corrected chi connectivity index (χ4v) is 4.20. The quantitative estimate of drug-likeness (QED) is 0.327. The molecule has 168 valence electrons. The Balaban J connectivity index is 1.45. The van der Waals surface area contributed by atoms with Gasteiger partial charge in [-0.15, -0.1) is 0 Å². The maximum atomic E-state index is 13.6. The Labute approximate surface area is 186 Å². The molecule has 2 heterocycles. The third-order valence-electron chi connectivity index (χ3n) is 5.80. The van der Waals surface area contributed by atoms with Gasteiger partial charge in [-0.25, -0.2) is 9.37 Å². The van der Waals surface area contributed by atoms with Crippen LogP contribution in [-0.2, 0) is 6.18 Å². The first-order chi connectivity index (χ1) is 15.8. The van der Waals surface area contributed by atoms with E-state index in [0.717, 1.165) is 17.7 Å². The van der Waals surface area contributed by atoms with Crippen LogP contribution < -0.4 is 0 Å². The lowest BCUT2D eigenvalue weighted by Crippen LogP contribution is -2.31. The van der Waals surface area contributed by atoms with Gasteiger partial charge < -0.3 is 9.32 Å². The molecule has 1 atom stereocenters. The Morgan fingerprint density at radius 2 is 1.79 bits per heavy atom. The molecule has 0 aliphatic carbocycles. The monoisotopic (exact) mass is 454 g/mol. The molecule has 1 aromatic heterocycles. The minimum absolute atomic E-state index is 0.0266. The summed E-state index contributed by atoms with van der Waals surface area (Å²) in [5, 5.41) is 0. The largest absolute Gasteiger partial charge is 0.438 e. The normalized spacial score (nSPS) is 16.5. The molecule has 0 saturated carbocycles. The zero-order valence-electron chi connectivity index (χ0n) is 17.3. The zero-order chi connectivity index (χ0) is 23.2. The van der Waals surface area contributed by atoms with Crippen LogP contribution in [0, 0.1) is 5.82 Å². The van der Waals surface area contributed by atoms with E-state index in [-0.39, 0.29) is 11.4 Å². The number of fused-ring (bicyclic) bond motifs is 1. The van der Waals surface area contributed by atoms with E-state index in [2.05, 4.69) is 4.98 Å². The molecule has 5 rings (SSSR count). The van der Waals surface area contributed by atoms with Gasteiger partial charge in [-0.1, -0.05) is 24.3 Å². The van der Waals surface area contributed by atoms with Gasteiger partial charge in [0.05, 0.1) is 5.56 Å². The summed E-state index contributed by atoms with van der Waals surface area (Å²) < 4.78 is 58.7. The molecular weight excluding hydrogens is 436 g/mol. The van der Waals surface area contributed by atoms with Gasteiger partial charge in [0.15, 0.2) is 5.58 Å². The molecule has 0 radical (unpaired) electrons. The Bertz CT molecular complexity index is 1350. The number of carbonyl (C=O) groups is 1. The second-order valence-electron chi connectivity index (χ2n) is 7.98. The molecule has 1 saturated heterocycles. The second kappa shape index (κ2) is 8.03. The molecule has 3 aromatic carbocycles. The predicted molar refractivity (Wildman–Crippen MR) is 114 cm³/mol. The van der Waals surface area contributed by atoms with Crippen LogP contribution in [0.4, 0.5) is 17.6 Å². The van der Waals surface area contributed by atoms with Gasteiger partial charge in [-0.2, -0.15) is 13.2 Å². The van der Waals surface area contributed by atoms with E-state index in [1.165, 1.54) is 29.2 Å². The van der Waals surface area contributed by atoms with Gasteiger partial charge in [0.2, 0.25) is 5.89 Å². The summed E-state index contributed by atoms with van der Waals surface area (Å²) >= 11 is 0. The molecule has 1 aliphatic heterocycles. The molecular formula is C25H18F4N2O2. The molecule has 1 aliphatic rings. The maximum Gasteiger partial charge on any atom is 0.416 e. The Hall–Kier alpha value is -3.68. The zero-order valence-corrected chi connectivity index (χ0v) is 17.3. The van der Waals surface area contributed by atoms with Crippen molar-refractivity contribution in [3.63, 3.8) is 0 Å². The van der Waals surface area contributed by atoms with Crippen molar-refractivity contribution in [2.45, 2.75) is 25.1 Å². The van der Waals surface area contributed by atoms with E-state index < -0.39 is 23.7 Å². The lowest BCUT2D eigenvalue weighted by atomic mass is 10.1. The topological polar surface area (TPSA) is 46.3 Å². The first-order valence-corrected chi connectivity index (χ1v) is 10.4. The van der Waals surface area contributed by atoms with Crippen molar-refractivity contribution in [1.82, 2.24) is 9.88 Å². The molecule has 8 heteroatoms. The molecule has 0 spiro atoms. The number of nitrogens with zero attached hydrogens (tertiary/aromatic N) is 2. The fourth-order valence-electron chi connectivity index (χ4n) is 4.20. The highest BCUT2D eigenvalue weighted by Crippen LogP contribution is 2.36. The van der Waals surface area contributed by atoms with Crippen molar-refractivity contribution in [2.24, 2.45) is 0 Å². The summed E-state index contributed by atoms with van der Waals surface area (Å²) in [6, 6.07) is 15.5. The van der Waals surface area contributed by atoms with Crippen molar-refractivity contribution in [3.8, 4) is 11.1 Å². The van der Waals surface area contributed by atoms with Crippen LogP contribution in [0.25, 0.3) is 22.2 Å². The van der Waals surface area contributed by atoms with Gasteiger partial charge in [0.25, 0.3) is 5.91 Å². The third kappa shape index (κ3) is 4.08. The number of halogens is 4. The standard InChI is InChI=1S/C25H18F4N2O2/c26-19-7-2-4-15(13-19)16-9-10-22-20(14-16)30-23(33-22)21-8-3-11-31(21)24(32)17-5-1-6-18(12-17)25(27,28)29/h1-2,4-7,9-10,12-14,21H,3,8,11H2. The van der Waals surface area contributed by atoms with Crippen molar-refractivity contribution in [3.05, 3.63) is 89.6 Å².